The molecule has 8 heteroatoms. The summed E-state index contributed by atoms with van der Waals surface area (Å²) in [6.45, 7) is 3.30. The van der Waals surface area contributed by atoms with Crippen LogP contribution in [-0.2, 0) is 16.6 Å². The molecule has 2 aromatic carbocycles. The molecule has 0 bridgehead atoms. The van der Waals surface area contributed by atoms with Gasteiger partial charge >= 0.3 is 0 Å². The molecule has 4 nitrogen and oxygen atoms in total. The lowest BCUT2D eigenvalue weighted by Crippen LogP contribution is -2.22. The number of hydrogen-bond donors (Lipinski definition) is 2. The fraction of sp³-hybridized carbons (Fsp3) is 0.250. The van der Waals surface area contributed by atoms with Crippen LogP contribution < -0.4 is 10.0 Å². The Kier molecular flexibility index (Phi) is 5.38. The van der Waals surface area contributed by atoms with Gasteiger partial charge in [0.1, 0.15) is 0 Å². The minimum absolute atomic E-state index is 0.154. The summed E-state index contributed by atoms with van der Waals surface area (Å²) in [7, 11) is -3.43. The highest BCUT2D eigenvalue weighted by molar-refractivity contribution is 7.93. The predicted molar refractivity (Wildman–Crippen MR) is 87.8 cm³/mol. The first kappa shape index (κ1) is 18.1. The molecule has 0 aliphatic carbocycles. The minimum atomic E-state index is -3.43. The zero-order chi connectivity index (χ0) is 17.9. The first-order chi connectivity index (χ1) is 11.2. The van der Waals surface area contributed by atoms with Gasteiger partial charge in [-0.1, -0.05) is 12.1 Å². The lowest BCUT2D eigenvalue weighted by Gasteiger charge is -2.12. The zero-order valence-electron chi connectivity index (χ0n) is 13.1. The lowest BCUT2D eigenvalue weighted by molar-refractivity contribution is 0.449. The SMILES string of the molecule is CC(C)S(=O)(=O)Nc1ccc(CNc2ccc(F)c(F)c2F)cc1. The first-order valence-electron chi connectivity index (χ1n) is 7.18. The second-order valence-corrected chi connectivity index (χ2v) is 7.71. The standard InChI is InChI=1S/C16H17F3N2O2S/c1-10(2)24(22,23)21-12-5-3-11(4-6-12)9-20-14-8-7-13(17)15(18)16(14)19/h3-8,10,20-21H,9H2,1-2H3. The number of hydrogen-bond acceptors (Lipinski definition) is 3. The molecule has 130 valence electrons. The second kappa shape index (κ2) is 7.12. The van der Waals surface area contributed by atoms with Gasteiger partial charge in [0.15, 0.2) is 17.5 Å². The summed E-state index contributed by atoms with van der Waals surface area (Å²) in [5.74, 6) is -4.06. The van der Waals surface area contributed by atoms with Crippen LogP contribution in [0.3, 0.4) is 0 Å². The Labute approximate surface area is 138 Å². The second-order valence-electron chi connectivity index (χ2n) is 5.47. The minimum Gasteiger partial charge on any atom is -0.379 e. The molecule has 0 fully saturated rings. The third kappa shape index (κ3) is 4.19. The molecule has 2 N–H and O–H groups in total. The van der Waals surface area contributed by atoms with Gasteiger partial charge in [0.25, 0.3) is 0 Å². The maximum atomic E-state index is 13.5. The molecule has 0 aromatic heterocycles. The van der Waals surface area contributed by atoms with Crippen LogP contribution >= 0.6 is 0 Å². The molecule has 0 saturated carbocycles. The van der Waals surface area contributed by atoms with Gasteiger partial charge < -0.3 is 5.32 Å². The van der Waals surface area contributed by atoms with E-state index < -0.39 is 32.7 Å². The van der Waals surface area contributed by atoms with E-state index in [4.69, 9.17) is 0 Å². The Bertz CT molecular complexity index is 822. The smallest absolute Gasteiger partial charge is 0.235 e. The average molecular weight is 358 g/mol. The van der Waals surface area contributed by atoms with Crippen molar-refractivity contribution in [2.45, 2.75) is 25.6 Å². The van der Waals surface area contributed by atoms with Crippen molar-refractivity contribution < 1.29 is 21.6 Å². The van der Waals surface area contributed by atoms with Crippen molar-refractivity contribution >= 4 is 21.4 Å². The number of anilines is 2. The maximum absolute atomic E-state index is 13.5. The van der Waals surface area contributed by atoms with E-state index in [2.05, 4.69) is 10.0 Å². The topological polar surface area (TPSA) is 58.2 Å². The van der Waals surface area contributed by atoms with E-state index in [-0.39, 0.29) is 12.2 Å². The Morgan fingerprint density at radius 1 is 0.958 bits per heavy atom. The van der Waals surface area contributed by atoms with E-state index in [1.165, 1.54) is 0 Å². The average Bonchev–Trinajstić information content (AvgIpc) is 2.53. The number of rotatable bonds is 6. The number of halogens is 3. The summed E-state index contributed by atoms with van der Waals surface area (Å²) in [6.07, 6.45) is 0. The fourth-order valence-electron chi connectivity index (χ4n) is 1.83. The molecule has 2 aromatic rings. The monoisotopic (exact) mass is 358 g/mol. The quantitative estimate of drug-likeness (QED) is 0.771. The lowest BCUT2D eigenvalue weighted by atomic mass is 10.2. The van der Waals surface area contributed by atoms with Gasteiger partial charge in [0.2, 0.25) is 10.0 Å². The fourth-order valence-corrected chi connectivity index (χ4v) is 2.53. The van der Waals surface area contributed by atoms with Crippen molar-refractivity contribution in [2.75, 3.05) is 10.0 Å². The molecule has 2 rings (SSSR count). The van der Waals surface area contributed by atoms with Crippen molar-refractivity contribution in [1.29, 1.82) is 0 Å². The van der Waals surface area contributed by atoms with Crippen LogP contribution in [0, 0.1) is 17.5 Å². The molecule has 0 spiro atoms. The highest BCUT2D eigenvalue weighted by Crippen LogP contribution is 2.21. The molecule has 0 radical (unpaired) electrons. The van der Waals surface area contributed by atoms with E-state index in [1.807, 2.05) is 0 Å². The van der Waals surface area contributed by atoms with Crippen molar-refractivity contribution in [3.05, 3.63) is 59.4 Å². The molecule has 0 amide bonds. The van der Waals surface area contributed by atoms with Gasteiger partial charge in [-0.3, -0.25) is 4.72 Å². The van der Waals surface area contributed by atoms with Gasteiger partial charge in [-0.2, -0.15) is 0 Å². The van der Waals surface area contributed by atoms with Crippen LogP contribution in [0.2, 0.25) is 0 Å². The number of benzene rings is 2. The summed E-state index contributed by atoms with van der Waals surface area (Å²) in [5.41, 5.74) is 0.969. The van der Waals surface area contributed by atoms with Crippen LogP contribution in [0.4, 0.5) is 24.5 Å². The van der Waals surface area contributed by atoms with Crippen molar-refractivity contribution in [3.8, 4) is 0 Å². The molecule has 0 atom stereocenters. The Hall–Kier alpha value is -2.22. The summed E-state index contributed by atoms with van der Waals surface area (Å²) in [4.78, 5) is 0. The third-order valence-electron chi connectivity index (χ3n) is 3.35. The molecular weight excluding hydrogens is 341 g/mol. The zero-order valence-corrected chi connectivity index (χ0v) is 13.9. The van der Waals surface area contributed by atoms with Gasteiger partial charge in [0.05, 0.1) is 10.9 Å². The number of sulfonamides is 1. The molecule has 0 aliphatic rings. The van der Waals surface area contributed by atoms with Gasteiger partial charge in [-0.05, 0) is 43.7 Å². The third-order valence-corrected chi connectivity index (χ3v) is 5.11. The molecular formula is C16H17F3N2O2S. The van der Waals surface area contributed by atoms with Crippen molar-refractivity contribution in [3.63, 3.8) is 0 Å². The Morgan fingerprint density at radius 3 is 2.17 bits per heavy atom. The van der Waals surface area contributed by atoms with E-state index in [1.54, 1.807) is 38.1 Å². The van der Waals surface area contributed by atoms with Crippen molar-refractivity contribution in [2.24, 2.45) is 0 Å². The van der Waals surface area contributed by atoms with E-state index >= 15 is 0 Å². The van der Waals surface area contributed by atoms with Crippen LogP contribution in [0.1, 0.15) is 19.4 Å². The van der Waals surface area contributed by atoms with Crippen LogP contribution in [0.25, 0.3) is 0 Å². The van der Waals surface area contributed by atoms with Crippen LogP contribution in [-0.4, -0.2) is 13.7 Å². The summed E-state index contributed by atoms with van der Waals surface area (Å²) in [6, 6.07) is 8.37. The van der Waals surface area contributed by atoms with E-state index in [0.29, 0.717) is 11.3 Å². The van der Waals surface area contributed by atoms with E-state index in [9.17, 15) is 21.6 Å². The summed E-state index contributed by atoms with van der Waals surface area (Å²) in [5, 5.41) is 2.10. The van der Waals surface area contributed by atoms with Crippen LogP contribution in [0.5, 0.6) is 0 Å². The summed E-state index contributed by atoms with van der Waals surface area (Å²) >= 11 is 0. The summed E-state index contributed by atoms with van der Waals surface area (Å²) < 4.78 is 65.5. The van der Waals surface area contributed by atoms with Crippen LogP contribution in [0.15, 0.2) is 36.4 Å². The van der Waals surface area contributed by atoms with E-state index in [0.717, 1.165) is 12.1 Å². The largest absolute Gasteiger partial charge is 0.379 e. The number of nitrogens with one attached hydrogen (secondary N) is 2. The molecule has 24 heavy (non-hydrogen) atoms. The Morgan fingerprint density at radius 2 is 1.58 bits per heavy atom. The molecule has 0 unspecified atom stereocenters. The van der Waals surface area contributed by atoms with Crippen molar-refractivity contribution in [1.82, 2.24) is 0 Å². The van der Waals surface area contributed by atoms with Gasteiger partial charge in [-0.15, -0.1) is 0 Å². The maximum Gasteiger partial charge on any atom is 0.235 e. The Balaban J connectivity index is 2.04. The van der Waals surface area contributed by atoms with Gasteiger partial charge in [0, 0.05) is 12.2 Å². The molecule has 0 heterocycles. The highest BCUT2D eigenvalue weighted by atomic mass is 32.2. The highest BCUT2D eigenvalue weighted by Gasteiger charge is 2.15. The molecule has 0 aliphatic heterocycles. The normalized spacial score (nSPS) is 11.6. The first-order valence-corrected chi connectivity index (χ1v) is 8.73. The van der Waals surface area contributed by atoms with Gasteiger partial charge in [-0.25, -0.2) is 21.6 Å². The molecule has 0 saturated heterocycles. The predicted octanol–water partition coefficient (Wildman–Crippen LogP) is 3.87.